The van der Waals surface area contributed by atoms with Gasteiger partial charge >= 0.3 is 0 Å². The zero-order chi connectivity index (χ0) is 20.7. The number of anilines is 1. The second-order valence-electron chi connectivity index (χ2n) is 7.39. The van der Waals surface area contributed by atoms with Crippen LogP contribution in [0.2, 0.25) is 5.02 Å². The van der Waals surface area contributed by atoms with E-state index < -0.39 is 0 Å². The molecule has 0 saturated carbocycles. The third-order valence-corrected chi connectivity index (χ3v) is 5.76. The molecular formula is C23H19ClN4O2. The van der Waals surface area contributed by atoms with Crippen molar-refractivity contribution in [2.75, 3.05) is 11.4 Å². The normalized spacial score (nSPS) is 14.0. The number of benzene rings is 2. The van der Waals surface area contributed by atoms with Gasteiger partial charge < -0.3 is 9.47 Å². The highest BCUT2D eigenvalue weighted by Gasteiger charge is 2.21. The molecule has 0 spiro atoms. The molecule has 4 aromatic rings. The summed E-state index contributed by atoms with van der Waals surface area (Å²) < 4.78 is 3.24. The van der Waals surface area contributed by atoms with Crippen LogP contribution in [-0.4, -0.2) is 26.6 Å². The lowest BCUT2D eigenvalue weighted by Crippen LogP contribution is -2.24. The number of fused-ring (bicyclic) bond motifs is 1. The van der Waals surface area contributed by atoms with Gasteiger partial charge in [0.05, 0.1) is 17.3 Å². The minimum atomic E-state index is -0.123. The molecule has 30 heavy (non-hydrogen) atoms. The molecule has 6 nitrogen and oxygen atoms in total. The highest BCUT2D eigenvalue weighted by molar-refractivity contribution is 6.33. The van der Waals surface area contributed by atoms with Gasteiger partial charge in [0.1, 0.15) is 5.52 Å². The van der Waals surface area contributed by atoms with Gasteiger partial charge in [-0.25, -0.2) is 4.52 Å². The fourth-order valence-corrected chi connectivity index (χ4v) is 4.08. The molecule has 3 heterocycles. The van der Waals surface area contributed by atoms with Gasteiger partial charge in [0, 0.05) is 36.6 Å². The quantitative estimate of drug-likeness (QED) is 0.503. The maximum atomic E-state index is 13.0. The Morgan fingerprint density at radius 3 is 2.53 bits per heavy atom. The van der Waals surface area contributed by atoms with E-state index in [9.17, 15) is 9.59 Å². The minimum Gasteiger partial charge on any atom is -0.312 e. The summed E-state index contributed by atoms with van der Waals surface area (Å²) in [5.74, 6) is 0.166. The zero-order valence-corrected chi connectivity index (χ0v) is 16.9. The Balaban J connectivity index is 1.44. The van der Waals surface area contributed by atoms with Crippen LogP contribution in [0.25, 0.3) is 16.8 Å². The Kier molecular flexibility index (Phi) is 4.64. The molecule has 0 unspecified atom stereocenters. The van der Waals surface area contributed by atoms with Crippen molar-refractivity contribution in [1.29, 1.82) is 0 Å². The van der Waals surface area contributed by atoms with Crippen LogP contribution in [0, 0.1) is 0 Å². The fourth-order valence-electron chi connectivity index (χ4n) is 3.85. The highest BCUT2D eigenvalue weighted by Crippen LogP contribution is 2.26. The number of nitrogens with zero attached hydrogens (tertiary/aromatic N) is 4. The van der Waals surface area contributed by atoms with Gasteiger partial charge in [-0.15, -0.1) is 0 Å². The number of hydrogen-bond donors (Lipinski definition) is 0. The molecule has 1 aliphatic rings. The summed E-state index contributed by atoms with van der Waals surface area (Å²) in [4.78, 5) is 26.7. The van der Waals surface area contributed by atoms with Gasteiger partial charge in [0.2, 0.25) is 5.91 Å². The van der Waals surface area contributed by atoms with E-state index in [0.29, 0.717) is 29.2 Å². The molecule has 1 amide bonds. The van der Waals surface area contributed by atoms with E-state index in [1.807, 2.05) is 47.4 Å². The molecular weight excluding hydrogens is 400 g/mol. The second-order valence-corrected chi connectivity index (χ2v) is 7.79. The number of carbonyl (C=O) groups is 1. The first-order valence-corrected chi connectivity index (χ1v) is 10.2. The van der Waals surface area contributed by atoms with E-state index in [2.05, 4.69) is 5.10 Å². The van der Waals surface area contributed by atoms with Gasteiger partial charge in [-0.05, 0) is 36.2 Å². The first-order chi connectivity index (χ1) is 14.6. The maximum absolute atomic E-state index is 13.0. The lowest BCUT2D eigenvalue weighted by atomic mass is 10.1. The van der Waals surface area contributed by atoms with Gasteiger partial charge in [-0.1, -0.05) is 41.9 Å². The molecule has 7 heteroatoms. The van der Waals surface area contributed by atoms with Crippen LogP contribution in [0.15, 0.2) is 71.8 Å². The van der Waals surface area contributed by atoms with Crippen molar-refractivity contribution >= 4 is 28.7 Å². The van der Waals surface area contributed by atoms with E-state index in [1.54, 1.807) is 33.6 Å². The lowest BCUT2D eigenvalue weighted by Gasteiger charge is -2.16. The van der Waals surface area contributed by atoms with E-state index in [0.717, 1.165) is 29.8 Å². The molecule has 1 saturated heterocycles. The van der Waals surface area contributed by atoms with Crippen LogP contribution < -0.4 is 10.5 Å². The number of rotatable bonds is 4. The summed E-state index contributed by atoms with van der Waals surface area (Å²) in [5.41, 5.74) is 3.72. The van der Waals surface area contributed by atoms with Gasteiger partial charge in [0.15, 0.2) is 0 Å². The van der Waals surface area contributed by atoms with E-state index in [-0.39, 0.29) is 11.5 Å². The molecule has 2 aromatic carbocycles. The fraction of sp³-hybridized carbons (Fsp3) is 0.174. The second kappa shape index (κ2) is 7.46. The third kappa shape index (κ3) is 3.29. The van der Waals surface area contributed by atoms with Gasteiger partial charge in [0.25, 0.3) is 5.56 Å². The average molecular weight is 419 g/mol. The average Bonchev–Trinajstić information content (AvgIpc) is 3.38. The highest BCUT2D eigenvalue weighted by atomic mass is 35.5. The smallest absolute Gasteiger partial charge is 0.276 e. The predicted octanol–water partition coefficient (Wildman–Crippen LogP) is 3.99. The largest absolute Gasteiger partial charge is 0.312 e. The van der Waals surface area contributed by atoms with Gasteiger partial charge in [-0.2, -0.15) is 5.10 Å². The van der Waals surface area contributed by atoms with Crippen LogP contribution in [0.5, 0.6) is 0 Å². The zero-order valence-electron chi connectivity index (χ0n) is 16.2. The van der Waals surface area contributed by atoms with E-state index >= 15 is 0 Å². The summed E-state index contributed by atoms with van der Waals surface area (Å²) in [5, 5.41) is 5.09. The Morgan fingerprint density at radius 2 is 1.80 bits per heavy atom. The predicted molar refractivity (Wildman–Crippen MR) is 117 cm³/mol. The molecule has 0 N–H and O–H groups in total. The summed E-state index contributed by atoms with van der Waals surface area (Å²) in [6.07, 6.45) is 5.02. The molecule has 0 bridgehead atoms. The molecule has 150 valence electrons. The van der Waals surface area contributed by atoms with Crippen molar-refractivity contribution in [2.24, 2.45) is 0 Å². The summed E-state index contributed by atoms with van der Waals surface area (Å²) in [7, 11) is 0. The Hall–Kier alpha value is -3.38. The number of carbonyl (C=O) groups excluding carboxylic acids is 1. The summed E-state index contributed by atoms with van der Waals surface area (Å²) in [6, 6.07) is 17.0. The summed E-state index contributed by atoms with van der Waals surface area (Å²) >= 11 is 6.28. The standard InChI is InChI=1S/C23H19ClN4O2/c24-19-5-2-1-4-18(19)20-14-21-23(30)26(12-13-28(21)25-20)15-16-7-9-17(10-8-16)27-11-3-6-22(27)29/h1-2,4-5,7-10,12-14H,3,6,11,15H2. The van der Waals surface area contributed by atoms with E-state index in [1.165, 1.54) is 0 Å². The third-order valence-electron chi connectivity index (χ3n) is 5.43. The molecule has 5 rings (SSSR count). The SMILES string of the molecule is O=C1CCCN1c1ccc(Cn2ccn3nc(-c4ccccc4Cl)cc3c2=O)cc1. The molecule has 0 radical (unpaired) electrons. The molecule has 1 fully saturated rings. The van der Waals surface area contributed by atoms with E-state index in [4.69, 9.17) is 11.6 Å². The minimum absolute atomic E-state index is 0.123. The Labute approximate surface area is 177 Å². The topological polar surface area (TPSA) is 59.6 Å². The van der Waals surface area contributed by atoms with Crippen LogP contribution in [0.1, 0.15) is 18.4 Å². The summed E-state index contributed by atoms with van der Waals surface area (Å²) in [6.45, 7) is 1.21. The van der Waals surface area contributed by atoms with Crippen LogP contribution >= 0.6 is 11.6 Å². The van der Waals surface area contributed by atoms with Gasteiger partial charge in [-0.3, -0.25) is 9.59 Å². The first-order valence-electron chi connectivity index (χ1n) is 9.83. The van der Waals surface area contributed by atoms with Crippen molar-refractivity contribution < 1.29 is 4.79 Å². The van der Waals surface area contributed by atoms with Crippen molar-refractivity contribution in [3.63, 3.8) is 0 Å². The van der Waals surface area contributed by atoms with Crippen molar-refractivity contribution in [3.8, 4) is 11.3 Å². The number of hydrogen-bond acceptors (Lipinski definition) is 3. The van der Waals surface area contributed by atoms with Crippen molar-refractivity contribution in [2.45, 2.75) is 19.4 Å². The van der Waals surface area contributed by atoms with Crippen LogP contribution in [-0.2, 0) is 11.3 Å². The number of halogens is 1. The monoisotopic (exact) mass is 418 g/mol. The first kappa shape index (κ1) is 18.6. The van der Waals surface area contributed by atoms with Crippen molar-refractivity contribution in [3.05, 3.63) is 87.9 Å². The number of amides is 1. The molecule has 2 aromatic heterocycles. The Morgan fingerprint density at radius 1 is 1.00 bits per heavy atom. The molecule has 0 atom stereocenters. The van der Waals surface area contributed by atoms with Crippen LogP contribution in [0.3, 0.4) is 0 Å². The molecule has 0 aliphatic carbocycles. The molecule has 1 aliphatic heterocycles. The number of aromatic nitrogens is 3. The maximum Gasteiger partial charge on any atom is 0.276 e. The van der Waals surface area contributed by atoms with Crippen LogP contribution in [0.4, 0.5) is 5.69 Å². The lowest BCUT2D eigenvalue weighted by molar-refractivity contribution is -0.117. The Bertz CT molecular complexity index is 1310. The van der Waals surface area contributed by atoms with Crippen molar-refractivity contribution in [1.82, 2.24) is 14.2 Å².